The molecule has 1 aromatic heterocycles. The number of pyridine rings is 1. The zero-order valence-electron chi connectivity index (χ0n) is 22.7. The number of aliphatic hydroxyl groups is 1. The molecule has 42 heavy (non-hydrogen) atoms. The summed E-state index contributed by atoms with van der Waals surface area (Å²) in [5, 5.41) is 10.9. The number of hydrogen-bond donors (Lipinski definition) is 1. The smallest absolute Gasteiger partial charge is 0.294 e. The summed E-state index contributed by atoms with van der Waals surface area (Å²) in [5.74, 6) is -3.28. The first-order valence-electron chi connectivity index (χ1n) is 13.5. The van der Waals surface area contributed by atoms with E-state index in [1.54, 1.807) is 24.3 Å². The van der Waals surface area contributed by atoms with Crippen molar-refractivity contribution in [1.29, 1.82) is 0 Å². The van der Waals surface area contributed by atoms with Gasteiger partial charge < -0.3 is 19.5 Å². The third-order valence-corrected chi connectivity index (χ3v) is 7.21. The average Bonchev–Trinajstić information content (AvgIpc) is 3.01. The van der Waals surface area contributed by atoms with Gasteiger partial charge in [0.2, 0.25) is 5.78 Å². The van der Waals surface area contributed by atoms with Gasteiger partial charge in [0, 0.05) is 49.7 Å². The minimum atomic E-state index is -0.954. The van der Waals surface area contributed by atoms with Crippen LogP contribution in [-0.4, -0.2) is 52.4 Å². The fourth-order valence-corrected chi connectivity index (χ4v) is 4.97. The summed E-state index contributed by atoms with van der Waals surface area (Å²) >= 11 is 0. The van der Waals surface area contributed by atoms with E-state index in [1.165, 1.54) is 46.0 Å². The van der Waals surface area contributed by atoms with Gasteiger partial charge in [-0.1, -0.05) is 48.5 Å². The Balaban J connectivity index is 1.38. The molecule has 1 saturated heterocycles. The lowest BCUT2D eigenvalue weighted by Crippen LogP contribution is -2.50. The SMILES string of the molecule is O=C(C=C(O)c1cc(Cc2ccc(F)cc2)cn(Cc2ccccc2F)c1=O)C(=O)N1CCN(c2ccccc2)CC1. The molecule has 0 saturated carbocycles. The molecule has 1 aliphatic heterocycles. The van der Waals surface area contributed by atoms with Gasteiger partial charge in [0.05, 0.1) is 12.1 Å². The molecule has 1 amide bonds. The molecule has 1 N–H and O–H groups in total. The fourth-order valence-electron chi connectivity index (χ4n) is 4.97. The van der Waals surface area contributed by atoms with Gasteiger partial charge in [-0.05, 0) is 53.9 Å². The highest BCUT2D eigenvalue weighted by molar-refractivity contribution is 6.41. The standard InChI is InChI=1S/C33H29F2N3O4/c34-26-12-10-23(11-13-26)18-24-19-28(32(41)38(21-24)22-25-6-4-5-9-29(25)35)30(39)20-31(40)33(42)37-16-14-36(15-17-37)27-7-2-1-3-8-27/h1-13,19-21,39H,14-18,22H2. The summed E-state index contributed by atoms with van der Waals surface area (Å²) in [5.41, 5.74) is 1.72. The molecule has 3 aromatic carbocycles. The topological polar surface area (TPSA) is 82.8 Å². The summed E-state index contributed by atoms with van der Waals surface area (Å²) in [4.78, 5) is 42.7. The number of carbonyl (C=O) groups is 2. The second kappa shape index (κ2) is 12.6. The van der Waals surface area contributed by atoms with Crippen molar-refractivity contribution in [2.45, 2.75) is 13.0 Å². The molecule has 4 aromatic rings. The Morgan fingerprint density at radius 3 is 2.19 bits per heavy atom. The van der Waals surface area contributed by atoms with Crippen molar-refractivity contribution in [3.05, 3.63) is 141 Å². The van der Waals surface area contributed by atoms with Crippen LogP contribution in [0.2, 0.25) is 0 Å². The zero-order chi connectivity index (χ0) is 29.6. The van der Waals surface area contributed by atoms with E-state index < -0.39 is 34.6 Å². The van der Waals surface area contributed by atoms with Crippen LogP contribution >= 0.6 is 0 Å². The maximum atomic E-state index is 14.4. The number of nitrogens with zero attached hydrogens (tertiary/aromatic N) is 3. The predicted octanol–water partition coefficient (Wildman–Crippen LogP) is 4.58. The van der Waals surface area contributed by atoms with E-state index in [0.717, 1.165) is 17.3 Å². The van der Waals surface area contributed by atoms with Gasteiger partial charge in [-0.2, -0.15) is 0 Å². The molecule has 0 bridgehead atoms. The predicted molar refractivity (Wildman–Crippen MR) is 156 cm³/mol. The van der Waals surface area contributed by atoms with Crippen LogP contribution in [0.1, 0.15) is 22.3 Å². The Morgan fingerprint density at radius 1 is 0.833 bits per heavy atom. The Morgan fingerprint density at radius 2 is 1.50 bits per heavy atom. The lowest BCUT2D eigenvalue weighted by Gasteiger charge is -2.35. The number of amides is 1. The van der Waals surface area contributed by atoms with E-state index in [0.29, 0.717) is 31.7 Å². The Kier molecular flexibility index (Phi) is 8.57. The fraction of sp³-hybridized carbons (Fsp3) is 0.182. The number of benzene rings is 3. The van der Waals surface area contributed by atoms with Crippen LogP contribution in [0.4, 0.5) is 14.5 Å². The number of aromatic nitrogens is 1. The highest BCUT2D eigenvalue weighted by Gasteiger charge is 2.26. The van der Waals surface area contributed by atoms with Crippen LogP contribution in [-0.2, 0) is 22.6 Å². The number of para-hydroxylation sites is 1. The highest BCUT2D eigenvalue weighted by Crippen LogP contribution is 2.18. The summed E-state index contributed by atoms with van der Waals surface area (Å²) in [7, 11) is 0. The first-order valence-corrected chi connectivity index (χ1v) is 13.5. The normalized spacial score (nSPS) is 13.7. The van der Waals surface area contributed by atoms with Crippen molar-refractivity contribution in [2.24, 2.45) is 0 Å². The van der Waals surface area contributed by atoms with Crippen LogP contribution in [0.3, 0.4) is 0 Å². The lowest BCUT2D eigenvalue weighted by molar-refractivity contribution is -0.142. The first kappa shape index (κ1) is 28.5. The van der Waals surface area contributed by atoms with Gasteiger partial charge >= 0.3 is 0 Å². The van der Waals surface area contributed by atoms with Crippen molar-refractivity contribution in [1.82, 2.24) is 9.47 Å². The number of hydrogen-bond acceptors (Lipinski definition) is 5. The zero-order valence-corrected chi connectivity index (χ0v) is 22.7. The van der Waals surface area contributed by atoms with Crippen LogP contribution in [0.5, 0.6) is 0 Å². The van der Waals surface area contributed by atoms with E-state index in [-0.39, 0.29) is 24.1 Å². The van der Waals surface area contributed by atoms with Gasteiger partial charge in [-0.25, -0.2) is 8.78 Å². The maximum absolute atomic E-state index is 14.4. The minimum absolute atomic E-state index is 0.123. The molecule has 0 aliphatic carbocycles. The number of aliphatic hydroxyl groups excluding tert-OH is 1. The van der Waals surface area contributed by atoms with Gasteiger partial charge in [-0.3, -0.25) is 14.4 Å². The number of piperazine rings is 1. The van der Waals surface area contributed by atoms with Crippen molar-refractivity contribution in [3.63, 3.8) is 0 Å². The van der Waals surface area contributed by atoms with E-state index >= 15 is 0 Å². The number of halogens is 2. The third-order valence-electron chi connectivity index (χ3n) is 7.21. The molecule has 0 radical (unpaired) electrons. The summed E-state index contributed by atoms with van der Waals surface area (Å²) in [6, 6.07) is 23.0. The highest BCUT2D eigenvalue weighted by atomic mass is 19.1. The minimum Gasteiger partial charge on any atom is -0.507 e. The molecular formula is C33H29F2N3O4. The van der Waals surface area contributed by atoms with Crippen LogP contribution in [0, 0.1) is 11.6 Å². The van der Waals surface area contributed by atoms with Gasteiger partial charge in [-0.15, -0.1) is 0 Å². The quantitative estimate of drug-likeness (QED) is 0.191. The average molecular weight is 570 g/mol. The van der Waals surface area contributed by atoms with E-state index in [1.807, 2.05) is 30.3 Å². The second-order valence-electron chi connectivity index (χ2n) is 10.1. The molecular weight excluding hydrogens is 540 g/mol. The van der Waals surface area contributed by atoms with Gasteiger partial charge in [0.25, 0.3) is 11.5 Å². The summed E-state index contributed by atoms with van der Waals surface area (Å²) in [6.07, 6.45) is 2.57. The van der Waals surface area contributed by atoms with Crippen molar-refractivity contribution in [3.8, 4) is 0 Å². The van der Waals surface area contributed by atoms with Crippen molar-refractivity contribution in [2.75, 3.05) is 31.1 Å². The van der Waals surface area contributed by atoms with E-state index in [9.17, 15) is 28.3 Å². The summed E-state index contributed by atoms with van der Waals surface area (Å²) < 4.78 is 29.1. The number of ketones is 1. The largest absolute Gasteiger partial charge is 0.507 e. The molecule has 214 valence electrons. The summed E-state index contributed by atoms with van der Waals surface area (Å²) in [6.45, 7) is 1.63. The van der Waals surface area contributed by atoms with Crippen molar-refractivity contribution >= 4 is 23.1 Å². The number of carbonyl (C=O) groups excluding carboxylic acids is 2. The molecule has 0 atom stereocenters. The number of rotatable bonds is 8. The first-order chi connectivity index (χ1) is 20.3. The van der Waals surface area contributed by atoms with Crippen LogP contribution < -0.4 is 10.5 Å². The van der Waals surface area contributed by atoms with E-state index in [2.05, 4.69) is 4.90 Å². The molecule has 0 spiro atoms. The molecule has 2 heterocycles. The number of anilines is 1. The Labute approximate surface area is 241 Å². The van der Waals surface area contributed by atoms with Crippen LogP contribution in [0.15, 0.2) is 102 Å². The van der Waals surface area contributed by atoms with Gasteiger partial charge in [0.1, 0.15) is 17.4 Å². The van der Waals surface area contributed by atoms with E-state index in [4.69, 9.17) is 0 Å². The molecule has 5 rings (SSSR count). The molecule has 7 nitrogen and oxygen atoms in total. The molecule has 1 aliphatic rings. The lowest BCUT2D eigenvalue weighted by atomic mass is 10.0. The maximum Gasteiger partial charge on any atom is 0.294 e. The monoisotopic (exact) mass is 569 g/mol. The molecule has 9 heteroatoms. The Bertz CT molecular complexity index is 1680. The third kappa shape index (κ3) is 6.63. The van der Waals surface area contributed by atoms with Gasteiger partial charge in [0.15, 0.2) is 0 Å². The molecule has 0 unspecified atom stereocenters. The second-order valence-corrected chi connectivity index (χ2v) is 10.1. The molecule has 1 fully saturated rings. The van der Waals surface area contributed by atoms with Crippen molar-refractivity contribution < 1.29 is 23.5 Å². The Hall–Kier alpha value is -5.05. The van der Waals surface area contributed by atoms with Crippen LogP contribution in [0.25, 0.3) is 5.76 Å².